The molecule has 0 aliphatic heterocycles. The number of hydrogen-bond donors (Lipinski definition) is 0. The largest absolute Gasteiger partial charge is 0.550 e. The van der Waals surface area contributed by atoms with E-state index in [0.717, 1.165) is 6.42 Å². The molecule has 0 rings (SSSR count). The fourth-order valence-corrected chi connectivity index (χ4v) is 2.45. The molecule has 0 fully saturated rings. The van der Waals surface area contributed by atoms with E-state index in [0.29, 0.717) is 12.8 Å². The Morgan fingerprint density at radius 3 is 2.26 bits per heavy atom. The molecule has 0 heterocycles. The molecule has 0 aromatic carbocycles. The second-order valence-electron chi connectivity index (χ2n) is 4.33. The van der Waals surface area contributed by atoms with Gasteiger partial charge in [-0.3, -0.25) is 9.59 Å². The lowest BCUT2D eigenvalue weighted by Gasteiger charge is -2.29. The summed E-state index contributed by atoms with van der Waals surface area (Å²) in [5.41, 5.74) is -1.37. The van der Waals surface area contributed by atoms with Gasteiger partial charge in [0.2, 0.25) is 0 Å². The highest BCUT2D eigenvalue weighted by molar-refractivity contribution is 9.09. The first-order valence-corrected chi connectivity index (χ1v) is 7.53. The van der Waals surface area contributed by atoms with Crippen molar-refractivity contribution in [3.8, 4) is 0 Å². The highest BCUT2D eigenvalue weighted by atomic mass is 79.9. The van der Waals surface area contributed by atoms with Crippen LogP contribution in [0.5, 0.6) is 0 Å². The normalized spacial score (nSPS) is 13.6. The summed E-state index contributed by atoms with van der Waals surface area (Å²) >= 11 is 3.05. The van der Waals surface area contributed by atoms with Crippen molar-refractivity contribution < 1.29 is 24.2 Å². The highest BCUT2D eigenvalue weighted by Crippen LogP contribution is 2.34. The minimum atomic E-state index is -1.37. The van der Waals surface area contributed by atoms with Crippen molar-refractivity contribution in [3.63, 3.8) is 0 Å². The number of hydrogen-bond acceptors (Lipinski definition) is 5. The minimum Gasteiger partial charge on any atom is -0.550 e. The first kappa shape index (κ1) is 18.1. The van der Waals surface area contributed by atoms with Crippen LogP contribution in [0.25, 0.3) is 0 Å². The van der Waals surface area contributed by atoms with Gasteiger partial charge in [0.1, 0.15) is 5.41 Å². The summed E-state index contributed by atoms with van der Waals surface area (Å²) in [5, 5.41) is 10.6. The van der Waals surface area contributed by atoms with Crippen LogP contribution in [-0.2, 0) is 19.1 Å². The third-order valence-electron chi connectivity index (χ3n) is 3.03. The molecule has 0 radical (unpaired) electrons. The van der Waals surface area contributed by atoms with Crippen LogP contribution in [0, 0.1) is 5.41 Å². The number of carbonyl (C=O) groups excluding carboxylic acids is 3. The summed E-state index contributed by atoms with van der Waals surface area (Å²) in [7, 11) is 0. The fraction of sp³-hybridized carbons (Fsp3) is 0.769. The molecule has 1 atom stereocenters. The van der Waals surface area contributed by atoms with E-state index in [2.05, 4.69) is 15.9 Å². The quantitative estimate of drug-likeness (QED) is 0.340. The number of alkyl halides is 1. The zero-order valence-corrected chi connectivity index (χ0v) is 13.0. The van der Waals surface area contributed by atoms with E-state index in [1.54, 1.807) is 6.92 Å². The van der Waals surface area contributed by atoms with Crippen LogP contribution in [0.1, 0.15) is 46.0 Å². The van der Waals surface area contributed by atoms with Crippen molar-refractivity contribution in [1.29, 1.82) is 0 Å². The van der Waals surface area contributed by atoms with Crippen LogP contribution in [0.2, 0.25) is 0 Å². The lowest BCUT2D eigenvalue weighted by atomic mass is 9.75. The van der Waals surface area contributed by atoms with Crippen molar-refractivity contribution in [3.05, 3.63) is 0 Å². The first-order valence-electron chi connectivity index (χ1n) is 6.40. The van der Waals surface area contributed by atoms with Gasteiger partial charge in [-0.25, -0.2) is 0 Å². The Hall–Kier alpha value is -0.910. The van der Waals surface area contributed by atoms with Gasteiger partial charge in [0.25, 0.3) is 0 Å². The monoisotopic (exact) mass is 335 g/mol. The molecular weight excluding hydrogens is 316 g/mol. The molecule has 6 heteroatoms. The molecule has 19 heavy (non-hydrogen) atoms. The third kappa shape index (κ3) is 5.30. The molecular formula is C13H20BrO5-. The molecule has 0 saturated carbocycles. The number of carboxylic acid groups (broad SMARTS) is 1. The average molecular weight is 336 g/mol. The number of esters is 1. The summed E-state index contributed by atoms with van der Waals surface area (Å²) in [4.78, 5) is 34.8. The van der Waals surface area contributed by atoms with Crippen molar-refractivity contribution in [2.75, 3.05) is 11.9 Å². The topological polar surface area (TPSA) is 83.5 Å². The zero-order valence-electron chi connectivity index (χ0n) is 11.4. The maximum absolute atomic E-state index is 12.1. The van der Waals surface area contributed by atoms with E-state index in [1.165, 1.54) is 0 Å². The second kappa shape index (κ2) is 9.07. The SMILES string of the molecule is CCCC[C@@](CCC(=O)[O-])(C(=O)CBr)C(=O)OCC. The first-order chi connectivity index (χ1) is 8.94. The molecule has 0 aliphatic carbocycles. The van der Waals surface area contributed by atoms with Gasteiger partial charge in [0, 0.05) is 5.97 Å². The van der Waals surface area contributed by atoms with Gasteiger partial charge in [-0.1, -0.05) is 35.7 Å². The van der Waals surface area contributed by atoms with Gasteiger partial charge in [-0.15, -0.1) is 0 Å². The molecule has 0 spiro atoms. The highest BCUT2D eigenvalue weighted by Gasteiger charge is 2.45. The van der Waals surface area contributed by atoms with Gasteiger partial charge in [0.15, 0.2) is 5.78 Å². The summed E-state index contributed by atoms with van der Waals surface area (Å²) in [6.07, 6.45) is 1.37. The third-order valence-corrected chi connectivity index (χ3v) is 3.54. The van der Waals surface area contributed by atoms with Crippen LogP contribution in [0.15, 0.2) is 0 Å². The van der Waals surface area contributed by atoms with Gasteiger partial charge in [0.05, 0.1) is 11.9 Å². The molecule has 0 unspecified atom stereocenters. The van der Waals surface area contributed by atoms with Crippen molar-refractivity contribution >= 4 is 33.7 Å². The van der Waals surface area contributed by atoms with Crippen LogP contribution in [0.3, 0.4) is 0 Å². The van der Waals surface area contributed by atoms with E-state index in [4.69, 9.17) is 4.74 Å². The number of carboxylic acids is 1. The maximum Gasteiger partial charge on any atom is 0.319 e. The maximum atomic E-state index is 12.1. The molecule has 0 aliphatic rings. The Morgan fingerprint density at radius 2 is 1.84 bits per heavy atom. The molecule has 0 bridgehead atoms. The molecule has 0 aromatic heterocycles. The molecule has 0 saturated heterocycles. The van der Waals surface area contributed by atoms with Gasteiger partial charge in [-0.2, -0.15) is 0 Å². The average Bonchev–Trinajstić information content (AvgIpc) is 2.38. The molecule has 110 valence electrons. The summed E-state index contributed by atoms with van der Waals surface area (Å²) in [5.74, 6) is -2.23. The smallest absolute Gasteiger partial charge is 0.319 e. The minimum absolute atomic E-state index is 0.00256. The standard InChI is InChI=1S/C13H21BrO5/c1-3-5-7-13(10(15)9-14,8-6-11(16)17)12(18)19-4-2/h3-9H2,1-2H3,(H,16,17)/p-1/t13-/m1/s1. The predicted octanol–water partition coefficient (Wildman–Crippen LogP) is 1.22. The molecule has 0 aromatic rings. The Morgan fingerprint density at radius 1 is 1.21 bits per heavy atom. The Balaban J connectivity index is 5.23. The van der Waals surface area contributed by atoms with Crippen LogP contribution < -0.4 is 5.11 Å². The number of unbranched alkanes of at least 4 members (excludes halogenated alkanes) is 1. The fourth-order valence-electron chi connectivity index (χ4n) is 1.91. The van der Waals surface area contributed by atoms with E-state index < -0.39 is 17.4 Å². The van der Waals surface area contributed by atoms with E-state index in [1.807, 2.05) is 6.92 Å². The Labute approximate surface area is 121 Å². The van der Waals surface area contributed by atoms with E-state index in [9.17, 15) is 19.5 Å². The zero-order chi connectivity index (χ0) is 14.9. The second-order valence-corrected chi connectivity index (χ2v) is 4.90. The van der Waals surface area contributed by atoms with Crippen molar-refractivity contribution in [1.82, 2.24) is 0 Å². The summed E-state index contributed by atoms with van der Waals surface area (Å²) < 4.78 is 4.97. The Bertz CT molecular complexity index is 329. The van der Waals surface area contributed by atoms with Gasteiger partial charge in [-0.05, 0) is 26.2 Å². The lowest BCUT2D eigenvalue weighted by Crippen LogP contribution is -2.43. The lowest BCUT2D eigenvalue weighted by molar-refractivity contribution is -0.306. The van der Waals surface area contributed by atoms with Crippen LogP contribution in [0.4, 0.5) is 0 Å². The number of rotatable bonds is 10. The number of ether oxygens (including phenoxy) is 1. The Kier molecular flexibility index (Phi) is 8.63. The summed E-state index contributed by atoms with van der Waals surface area (Å²) in [6, 6.07) is 0. The number of ketones is 1. The van der Waals surface area contributed by atoms with E-state index >= 15 is 0 Å². The van der Waals surface area contributed by atoms with E-state index in [-0.39, 0.29) is 30.6 Å². The van der Waals surface area contributed by atoms with Gasteiger partial charge < -0.3 is 14.6 Å². The molecule has 0 amide bonds. The van der Waals surface area contributed by atoms with Crippen molar-refractivity contribution in [2.24, 2.45) is 5.41 Å². The number of carbonyl (C=O) groups is 3. The predicted molar refractivity (Wildman–Crippen MR) is 71.6 cm³/mol. The summed E-state index contributed by atoms with van der Waals surface area (Å²) in [6.45, 7) is 3.75. The van der Waals surface area contributed by atoms with Crippen LogP contribution in [-0.4, -0.2) is 29.7 Å². The number of aliphatic carboxylic acids is 1. The van der Waals surface area contributed by atoms with Crippen molar-refractivity contribution in [2.45, 2.75) is 46.0 Å². The number of Topliss-reactive ketones (excluding diaryl/α,β-unsaturated/α-hetero) is 1. The van der Waals surface area contributed by atoms with Gasteiger partial charge >= 0.3 is 5.97 Å². The number of halogens is 1. The van der Waals surface area contributed by atoms with Crippen LogP contribution >= 0.6 is 15.9 Å². The molecule has 0 N–H and O–H groups in total. The molecule has 5 nitrogen and oxygen atoms in total.